The van der Waals surface area contributed by atoms with Gasteiger partial charge in [0.15, 0.2) is 11.5 Å². The highest BCUT2D eigenvalue weighted by atomic mass is 16.7. The monoisotopic (exact) mass is 287 g/mol. The first-order chi connectivity index (χ1) is 10.4. The van der Waals surface area contributed by atoms with Crippen LogP contribution >= 0.6 is 0 Å². The molecular formula is C18H25NO2. The smallest absolute Gasteiger partial charge is 0.241 e. The second-order valence-electron chi connectivity index (χ2n) is 6.92. The fraction of sp³-hybridized carbons (Fsp3) is 0.667. The van der Waals surface area contributed by atoms with Gasteiger partial charge in [-0.15, -0.1) is 0 Å². The van der Waals surface area contributed by atoms with Crippen molar-refractivity contribution in [3.05, 3.63) is 24.3 Å². The van der Waals surface area contributed by atoms with Gasteiger partial charge in [0.1, 0.15) is 0 Å². The van der Waals surface area contributed by atoms with Gasteiger partial charge in [0.05, 0.1) is 0 Å². The Kier molecular flexibility index (Phi) is 3.54. The summed E-state index contributed by atoms with van der Waals surface area (Å²) in [6.45, 7) is 2.38. The Morgan fingerprint density at radius 3 is 2.43 bits per heavy atom. The molecule has 2 heterocycles. The fourth-order valence-electron chi connectivity index (χ4n) is 4.54. The van der Waals surface area contributed by atoms with E-state index in [1.807, 2.05) is 24.3 Å². The van der Waals surface area contributed by atoms with Crippen LogP contribution in [0.1, 0.15) is 44.9 Å². The van der Waals surface area contributed by atoms with Crippen molar-refractivity contribution in [3.63, 3.8) is 0 Å². The van der Waals surface area contributed by atoms with Gasteiger partial charge in [-0.2, -0.15) is 0 Å². The van der Waals surface area contributed by atoms with Gasteiger partial charge in [-0.3, -0.25) is 0 Å². The molecule has 1 saturated heterocycles. The van der Waals surface area contributed by atoms with Gasteiger partial charge in [-0.05, 0) is 55.7 Å². The van der Waals surface area contributed by atoms with E-state index in [0.717, 1.165) is 23.8 Å². The average Bonchev–Trinajstić information content (AvgIpc) is 3.24. The largest absolute Gasteiger partial charge is 0.451 e. The lowest BCUT2D eigenvalue weighted by Crippen LogP contribution is -2.33. The first kappa shape index (κ1) is 13.4. The molecule has 1 aromatic rings. The maximum absolute atomic E-state index is 5.93. The zero-order valence-corrected chi connectivity index (χ0v) is 12.6. The van der Waals surface area contributed by atoms with E-state index in [0.29, 0.717) is 5.41 Å². The van der Waals surface area contributed by atoms with Crippen LogP contribution in [0.5, 0.6) is 11.5 Å². The van der Waals surface area contributed by atoms with E-state index in [-0.39, 0.29) is 6.29 Å². The fourth-order valence-corrected chi connectivity index (χ4v) is 4.54. The summed E-state index contributed by atoms with van der Waals surface area (Å²) in [5.41, 5.74) is 0.498. The quantitative estimate of drug-likeness (QED) is 0.915. The highest BCUT2D eigenvalue weighted by molar-refractivity contribution is 5.41. The van der Waals surface area contributed by atoms with Crippen LogP contribution in [0.15, 0.2) is 24.3 Å². The van der Waals surface area contributed by atoms with Crippen LogP contribution in [-0.2, 0) is 0 Å². The number of nitrogens with one attached hydrogen (secondary N) is 1. The average molecular weight is 287 g/mol. The Hall–Kier alpha value is -1.22. The number of hydrogen-bond acceptors (Lipinski definition) is 3. The molecule has 1 N–H and O–H groups in total. The third-order valence-electron chi connectivity index (χ3n) is 5.74. The molecule has 3 aliphatic rings. The summed E-state index contributed by atoms with van der Waals surface area (Å²) >= 11 is 0. The molecule has 0 amide bonds. The van der Waals surface area contributed by atoms with Crippen molar-refractivity contribution in [1.29, 1.82) is 0 Å². The third kappa shape index (κ3) is 2.52. The minimum absolute atomic E-state index is 0.0821. The molecule has 3 heteroatoms. The first-order valence-electron chi connectivity index (χ1n) is 8.49. The molecule has 0 unspecified atom stereocenters. The van der Waals surface area contributed by atoms with E-state index in [4.69, 9.17) is 9.47 Å². The molecule has 3 nitrogen and oxygen atoms in total. The van der Waals surface area contributed by atoms with E-state index < -0.39 is 0 Å². The lowest BCUT2D eigenvalue weighted by molar-refractivity contribution is 0.0215. The van der Waals surface area contributed by atoms with Gasteiger partial charge < -0.3 is 14.8 Å². The lowest BCUT2D eigenvalue weighted by atomic mass is 9.70. The normalized spacial score (nSPS) is 29.3. The molecule has 2 fully saturated rings. The molecule has 4 rings (SSSR count). The summed E-state index contributed by atoms with van der Waals surface area (Å²) < 4.78 is 11.9. The standard InChI is InChI=1S/C18H25NO2/c1-2-6-14(5-1)18(11-12-19-13-18)10-9-17-20-15-7-3-4-8-16(15)21-17/h3-4,7-8,14,17,19H,1-2,5-6,9-13H2/t18-/m1/s1. The molecule has 114 valence electrons. The number of ether oxygens (including phenoxy) is 2. The number of hydrogen-bond donors (Lipinski definition) is 1. The van der Waals surface area contributed by atoms with Crippen LogP contribution in [0.4, 0.5) is 0 Å². The van der Waals surface area contributed by atoms with Crippen LogP contribution in [0, 0.1) is 11.3 Å². The molecule has 0 aromatic heterocycles. The predicted octanol–water partition coefficient (Wildman–Crippen LogP) is 3.73. The second kappa shape index (κ2) is 5.53. The Labute approximate surface area is 127 Å². The van der Waals surface area contributed by atoms with E-state index >= 15 is 0 Å². The van der Waals surface area contributed by atoms with E-state index in [9.17, 15) is 0 Å². The summed E-state index contributed by atoms with van der Waals surface area (Å²) in [4.78, 5) is 0. The van der Waals surface area contributed by atoms with Gasteiger partial charge in [0, 0.05) is 13.0 Å². The molecule has 0 radical (unpaired) electrons. The summed E-state index contributed by atoms with van der Waals surface area (Å²) in [6, 6.07) is 8.01. The minimum Gasteiger partial charge on any atom is -0.451 e. The first-order valence-corrected chi connectivity index (χ1v) is 8.49. The van der Waals surface area contributed by atoms with E-state index in [2.05, 4.69) is 5.32 Å². The van der Waals surface area contributed by atoms with Crippen molar-refractivity contribution < 1.29 is 9.47 Å². The van der Waals surface area contributed by atoms with Gasteiger partial charge in [-0.25, -0.2) is 0 Å². The van der Waals surface area contributed by atoms with E-state index in [1.54, 1.807) is 0 Å². The molecule has 0 bridgehead atoms. The molecular weight excluding hydrogens is 262 g/mol. The number of benzene rings is 1. The summed E-state index contributed by atoms with van der Waals surface area (Å²) in [5, 5.41) is 3.60. The summed E-state index contributed by atoms with van der Waals surface area (Å²) in [5.74, 6) is 2.72. The maximum atomic E-state index is 5.93. The zero-order chi connectivity index (χ0) is 14.1. The SMILES string of the molecule is c1ccc2c(c1)OC(CC[C@@]1(C3CCCC3)CCNC1)O2. The number of para-hydroxylation sites is 2. The van der Waals surface area contributed by atoms with Crippen molar-refractivity contribution in [3.8, 4) is 11.5 Å². The topological polar surface area (TPSA) is 30.5 Å². The molecule has 1 saturated carbocycles. The van der Waals surface area contributed by atoms with Crippen molar-refractivity contribution in [2.45, 2.75) is 51.2 Å². The number of fused-ring (bicyclic) bond motifs is 1. The van der Waals surface area contributed by atoms with Crippen molar-refractivity contribution in [2.75, 3.05) is 13.1 Å². The van der Waals surface area contributed by atoms with Gasteiger partial charge in [-0.1, -0.05) is 25.0 Å². The van der Waals surface area contributed by atoms with Gasteiger partial charge in [0.25, 0.3) is 0 Å². The second-order valence-corrected chi connectivity index (χ2v) is 6.92. The van der Waals surface area contributed by atoms with Crippen molar-refractivity contribution in [2.24, 2.45) is 11.3 Å². The van der Waals surface area contributed by atoms with Crippen molar-refractivity contribution >= 4 is 0 Å². The van der Waals surface area contributed by atoms with Gasteiger partial charge >= 0.3 is 0 Å². The van der Waals surface area contributed by atoms with Crippen LogP contribution in [0.3, 0.4) is 0 Å². The minimum atomic E-state index is -0.0821. The Morgan fingerprint density at radius 2 is 1.81 bits per heavy atom. The molecule has 0 spiro atoms. The van der Waals surface area contributed by atoms with E-state index in [1.165, 1.54) is 51.6 Å². The highest BCUT2D eigenvalue weighted by Crippen LogP contribution is 2.47. The van der Waals surface area contributed by atoms with Crippen LogP contribution < -0.4 is 14.8 Å². The predicted molar refractivity (Wildman–Crippen MR) is 82.6 cm³/mol. The summed E-state index contributed by atoms with van der Waals surface area (Å²) in [6.07, 6.45) is 9.18. The van der Waals surface area contributed by atoms with Crippen LogP contribution in [-0.4, -0.2) is 19.4 Å². The molecule has 21 heavy (non-hydrogen) atoms. The van der Waals surface area contributed by atoms with Crippen molar-refractivity contribution in [1.82, 2.24) is 5.32 Å². The molecule has 1 aliphatic carbocycles. The molecule has 2 aliphatic heterocycles. The Balaban J connectivity index is 1.39. The zero-order valence-electron chi connectivity index (χ0n) is 12.6. The van der Waals surface area contributed by atoms with Gasteiger partial charge in [0.2, 0.25) is 6.29 Å². The Bertz CT molecular complexity index is 465. The Morgan fingerprint density at radius 1 is 1.10 bits per heavy atom. The highest BCUT2D eigenvalue weighted by Gasteiger charge is 2.42. The number of rotatable bonds is 4. The van der Waals surface area contributed by atoms with Crippen LogP contribution in [0.2, 0.25) is 0 Å². The lowest BCUT2D eigenvalue weighted by Gasteiger charge is -2.35. The maximum Gasteiger partial charge on any atom is 0.241 e. The molecule has 1 aromatic carbocycles. The summed E-state index contributed by atoms with van der Waals surface area (Å²) in [7, 11) is 0. The molecule has 1 atom stereocenters. The third-order valence-corrected chi connectivity index (χ3v) is 5.74. The van der Waals surface area contributed by atoms with Crippen LogP contribution in [0.25, 0.3) is 0 Å².